The lowest BCUT2D eigenvalue weighted by Gasteiger charge is -2.45. The number of benzene rings is 2. The van der Waals surface area contributed by atoms with Crippen molar-refractivity contribution in [2.45, 2.75) is 71.4 Å². The number of methoxy groups -OCH3 is 1. The van der Waals surface area contributed by atoms with E-state index in [1.165, 1.54) is 17.5 Å². The zero-order valence-electron chi connectivity index (χ0n) is 21.1. The van der Waals surface area contributed by atoms with Crippen molar-refractivity contribution in [3.8, 4) is 0 Å². The predicted octanol–water partition coefficient (Wildman–Crippen LogP) is 6.24. The molecular formula is C28H40O4Si. The SMILES string of the molecule is CCCCCC(O[Si](c1ccccc1)(c1ccccc1)C(C)(C)C)/C(C)=C\COC(=O)OC. The maximum absolute atomic E-state index is 11.4. The van der Waals surface area contributed by atoms with Gasteiger partial charge in [0.1, 0.15) is 6.61 Å². The van der Waals surface area contributed by atoms with Crippen LogP contribution in [0, 0.1) is 0 Å². The summed E-state index contributed by atoms with van der Waals surface area (Å²) < 4.78 is 17.1. The molecule has 0 aliphatic carbocycles. The van der Waals surface area contributed by atoms with Crippen molar-refractivity contribution >= 4 is 24.8 Å². The van der Waals surface area contributed by atoms with Gasteiger partial charge in [-0.15, -0.1) is 0 Å². The molecule has 1 atom stereocenters. The fourth-order valence-electron chi connectivity index (χ4n) is 4.30. The number of carbonyl (C=O) groups is 1. The first-order valence-electron chi connectivity index (χ1n) is 11.9. The number of rotatable bonds is 11. The van der Waals surface area contributed by atoms with Gasteiger partial charge >= 0.3 is 6.16 Å². The topological polar surface area (TPSA) is 44.8 Å². The van der Waals surface area contributed by atoms with Crippen LogP contribution in [0.2, 0.25) is 5.04 Å². The van der Waals surface area contributed by atoms with Gasteiger partial charge in [-0.05, 0) is 40.4 Å². The van der Waals surface area contributed by atoms with Crippen LogP contribution in [-0.4, -0.2) is 34.3 Å². The Hall–Kier alpha value is -2.37. The van der Waals surface area contributed by atoms with Gasteiger partial charge in [0.15, 0.2) is 0 Å². The lowest BCUT2D eigenvalue weighted by molar-refractivity contribution is 0.0813. The molecule has 0 spiro atoms. The van der Waals surface area contributed by atoms with E-state index in [9.17, 15) is 4.79 Å². The van der Waals surface area contributed by atoms with Gasteiger partial charge in [0, 0.05) is 0 Å². The number of hydrogen-bond acceptors (Lipinski definition) is 4. The van der Waals surface area contributed by atoms with Crippen LogP contribution in [0.1, 0.15) is 60.3 Å². The van der Waals surface area contributed by atoms with E-state index in [0.29, 0.717) is 0 Å². The molecule has 0 amide bonds. The van der Waals surface area contributed by atoms with Crippen LogP contribution in [0.25, 0.3) is 0 Å². The van der Waals surface area contributed by atoms with Gasteiger partial charge < -0.3 is 13.9 Å². The quantitative estimate of drug-likeness (QED) is 0.169. The van der Waals surface area contributed by atoms with Crippen LogP contribution >= 0.6 is 0 Å². The van der Waals surface area contributed by atoms with Crippen molar-refractivity contribution in [3.05, 3.63) is 72.3 Å². The van der Waals surface area contributed by atoms with Crippen molar-refractivity contribution in [3.63, 3.8) is 0 Å². The summed E-state index contributed by atoms with van der Waals surface area (Å²) in [5.41, 5.74) is 1.09. The second-order valence-corrected chi connectivity index (χ2v) is 13.7. The van der Waals surface area contributed by atoms with Crippen molar-refractivity contribution in [2.24, 2.45) is 0 Å². The van der Waals surface area contributed by atoms with E-state index in [0.717, 1.165) is 31.3 Å². The Labute approximate surface area is 201 Å². The van der Waals surface area contributed by atoms with E-state index in [1.807, 2.05) is 6.08 Å². The van der Waals surface area contributed by atoms with Crippen LogP contribution < -0.4 is 10.4 Å². The Balaban J connectivity index is 2.54. The summed E-state index contributed by atoms with van der Waals surface area (Å²) in [4.78, 5) is 11.4. The summed E-state index contributed by atoms with van der Waals surface area (Å²) in [6, 6.07) is 21.4. The van der Waals surface area contributed by atoms with Crippen LogP contribution in [0.4, 0.5) is 4.79 Å². The summed E-state index contributed by atoms with van der Waals surface area (Å²) in [7, 11) is -1.36. The summed E-state index contributed by atoms with van der Waals surface area (Å²) in [6.45, 7) is 11.3. The van der Waals surface area contributed by atoms with Crippen LogP contribution in [0.3, 0.4) is 0 Å². The third-order valence-electron chi connectivity index (χ3n) is 6.09. The minimum atomic E-state index is -2.68. The van der Waals surface area contributed by atoms with Gasteiger partial charge in [0.25, 0.3) is 8.32 Å². The molecule has 0 aliphatic rings. The van der Waals surface area contributed by atoms with E-state index in [2.05, 4.69) is 100 Å². The van der Waals surface area contributed by atoms with Gasteiger partial charge in [-0.3, -0.25) is 0 Å². The molecule has 33 heavy (non-hydrogen) atoms. The largest absolute Gasteiger partial charge is 0.508 e. The minimum Gasteiger partial charge on any atom is -0.438 e. The molecule has 0 saturated carbocycles. The van der Waals surface area contributed by atoms with Gasteiger partial charge in [-0.2, -0.15) is 0 Å². The number of ether oxygens (including phenoxy) is 2. The Morgan fingerprint density at radius 1 is 0.970 bits per heavy atom. The molecule has 1 unspecified atom stereocenters. The summed E-state index contributed by atoms with van der Waals surface area (Å²) in [5.74, 6) is 0. The van der Waals surface area contributed by atoms with E-state index >= 15 is 0 Å². The molecule has 0 N–H and O–H groups in total. The van der Waals surface area contributed by atoms with Gasteiger partial charge in [-0.1, -0.05) is 108 Å². The third kappa shape index (κ3) is 7.05. The standard InChI is InChI=1S/C28H40O4Si/c1-7-8-11-20-26(23(2)21-22-31-27(29)30-6)32-33(28(3,4)5,24-16-12-9-13-17-24)25-18-14-10-15-19-25/h9-10,12-19,21,26H,7-8,11,20,22H2,1-6H3/b23-21-. The summed E-state index contributed by atoms with van der Waals surface area (Å²) >= 11 is 0. The molecule has 180 valence electrons. The van der Waals surface area contributed by atoms with Crippen molar-refractivity contribution in [1.82, 2.24) is 0 Å². The Morgan fingerprint density at radius 2 is 1.52 bits per heavy atom. The number of unbranched alkanes of at least 4 members (excludes halogenated alkanes) is 2. The zero-order valence-corrected chi connectivity index (χ0v) is 22.1. The van der Waals surface area contributed by atoms with Gasteiger partial charge in [-0.25, -0.2) is 4.79 Å². The fraction of sp³-hybridized carbons (Fsp3) is 0.464. The Bertz CT molecular complexity index is 832. The third-order valence-corrected chi connectivity index (χ3v) is 11.1. The molecule has 4 nitrogen and oxygen atoms in total. The molecule has 2 aromatic rings. The monoisotopic (exact) mass is 468 g/mol. The lowest BCUT2D eigenvalue weighted by Crippen LogP contribution is -2.67. The van der Waals surface area contributed by atoms with E-state index in [4.69, 9.17) is 9.16 Å². The molecule has 5 heteroatoms. The molecule has 0 aromatic heterocycles. The molecule has 0 fully saturated rings. The van der Waals surface area contributed by atoms with E-state index in [-0.39, 0.29) is 17.7 Å². The maximum Gasteiger partial charge on any atom is 0.508 e. The molecule has 0 bridgehead atoms. The fourth-order valence-corrected chi connectivity index (χ4v) is 9.04. The molecule has 0 radical (unpaired) electrons. The van der Waals surface area contributed by atoms with Gasteiger partial charge in [0.05, 0.1) is 13.2 Å². The highest BCUT2D eigenvalue weighted by Gasteiger charge is 2.51. The summed E-state index contributed by atoms with van der Waals surface area (Å²) in [5, 5.41) is 2.44. The number of carbonyl (C=O) groups excluding carboxylic acids is 1. The van der Waals surface area contributed by atoms with Crippen molar-refractivity contribution < 1.29 is 18.7 Å². The highest BCUT2D eigenvalue weighted by Crippen LogP contribution is 2.38. The van der Waals surface area contributed by atoms with Crippen LogP contribution in [0.15, 0.2) is 72.3 Å². The average molecular weight is 469 g/mol. The second-order valence-electron chi connectivity index (χ2n) is 9.48. The minimum absolute atomic E-state index is 0.0656. The first kappa shape index (κ1) is 26.9. The first-order valence-corrected chi connectivity index (χ1v) is 13.8. The van der Waals surface area contributed by atoms with Crippen LogP contribution in [0.5, 0.6) is 0 Å². The lowest BCUT2D eigenvalue weighted by atomic mass is 10.0. The smallest absolute Gasteiger partial charge is 0.438 e. The number of hydrogen-bond donors (Lipinski definition) is 0. The zero-order chi connectivity index (χ0) is 24.3. The van der Waals surface area contributed by atoms with Gasteiger partial charge in [0.2, 0.25) is 0 Å². The predicted molar refractivity (Wildman–Crippen MR) is 139 cm³/mol. The highest BCUT2D eigenvalue weighted by atomic mass is 28.4. The first-order chi connectivity index (χ1) is 15.8. The Kier molecular flexibility index (Phi) is 10.4. The Morgan fingerprint density at radius 3 is 1.97 bits per heavy atom. The molecule has 2 aromatic carbocycles. The van der Waals surface area contributed by atoms with E-state index in [1.54, 1.807) is 0 Å². The van der Waals surface area contributed by atoms with Crippen molar-refractivity contribution in [1.29, 1.82) is 0 Å². The summed E-state index contributed by atoms with van der Waals surface area (Å²) in [6.07, 6.45) is 5.54. The van der Waals surface area contributed by atoms with E-state index < -0.39 is 14.5 Å². The van der Waals surface area contributed by atoms with Crippen molar-refractivity contribution in [2.75, 3.05) is 13.7 Å². The maximum atomic E-state index is 11.4. The highest BCUT2D eigenvalue weighted by molar-refractivity contribution is 6.99. The normalized spacial score (nSPS) is 13.5. The molecule has 0 aliphatic heterocycles. The molecule has 0 saturated heterocycles. The molecule has 2 rings (SSSR count). The average Bonchev–Trinajstić information content (AvgIpc) is 2.81. The molecule has 0 heterocycles. The second kappa shape index (κ2) is 12.8. The van der Waals surface area contributed by atoms with Crippen LogP contribution in [-0.2, 0) is 13.9 Å². The molecular weight excluding hydrogens is 428 g/mol.